The van der Waals surface area contributed by atoms with E-state index in [1.165, 1.54) is 6.42 Å². The topological polar surface area (TPSA) is 106 Å². The summed E-state index contributed by atoms with van der Waals surface area (Å²) >= 11 is 0. The average molecular weight is 462 g/mol. The molecule has 4 rings (SSSR count). The van der Waals surface area contributed by atoms with Gasteiger partial charge in [-0.3, -0.25) is 9.48 Å². The minimum absolute atomic E-state index is 0.0705. The van der Waals surface area contributed by atoms with Crippen molar-refractivity contribution < 1.29 is 37.3 Å². The molecule has 4 heterocycles. The molecule has 1 unspecified atom stereocenters. The van der Waals surface area contributed by atoms with E-state index in [-0.39, 0.29) is 12.0 Å². The highest BCUT2D eigenvalue weighted by Crippen LogP contribution is 2.34. The van der Waals surface area contributed by atoms with Crippen LogP contribution >= 0.6 is 0 Å². The number of rotatable bonds is 5. The van der Waals surface area contributed by atoms with Gasteiger partial charge in [-0.25, -0.2) is 4.79 Å². The predicted octanol–water partition coefficient (Wildman–Crippen LogP) is 1.16. The lowest BCUT2D eigenvalue weighted by atomic mass is 9.84. The number of nitrogens with one attached hydrogen (secondary N) is 1. The number of hydrogen-bond donors (Lipinski definition) is 2. The molecule has 0 saturated carbocycles. The van der Waals surface area contributed by atoms with Crippen molar-refractivity contribution in [3.8, 4) is 0 Å². The standard InChI is InChI=1S/C18H28N4O3.C2HF3O2/c1-21-9-14(6-20-21)18(23)19-7-17-16-2-4-22(10-15(16)12-25-17)8-13-3-5-24-11-13;3-2(4,5)1(6)7/h6,9,13,15-17H,2-5,7-8,10-12H2,1H3,(H,19,23);(H,6,7)/t13?,15-,16-,17+;/m1./s1. The third-order valence-electron chi connectivity index (χ3n) is 6.09. The molecular weight excluding hydrogens is 433 g/mol. The van der Waals surface area contributed by atoms with Crippen molar-refractivity contribution in [1.29, 1.82) is 0 Å². The van der Waals surface area contributed by atoms with Gasteiger partial charge < -0.3 is 24.8 Å². The number of aliphatic carboxylic acids is 1. The minimum Gasteiger partial charge on any atom is -0.475 e. The summed E-state index contributed by atoms with van der Waals surface area (Å²) in [6.45, 7) is 6.66. The maximum Gasteiger partial charge on any atom is 0.490 e. The Kier molecular flexibility index (Phi) is 8.12. The van der Waals surface area contributed by atoms with Crippen LogP contribution < -0.4 is 5.32 Å². The van der Waals surface area contributed by atoms with Gasteiger partial charge in [0, 0.05) is 45.4 Å². The summed E-state index contributed by atoms with van der Waals surface area (Å²) in [7, 11) is 1.81. The molecule has 0 aromatic carbocycles. The van der Waals surface area contributed by atoms with Gasteiger partial charge in [0.25, 0.3) is 5.91 Å². The number of aromatic nitrogens is 2. The van der Waals surface area contributed by atoms with Crippen molar-refractivity contribution in [3.05, 3.63) is 18.0 Å². The Balaban J connectivity index is 0.000000360. The van der Waals surface area contributed by atoms with E-state index in [0.29, 0.717) is 29.9 Å². The van der Waals surface area contributed by atoms with Crippen molar-refractivity contribution in [2.75, 3.05) is 46.0 Å². The van der Waals surface area contributed by atoms with E-state index in [0.717, 1.165) is 45.9 Å². The number of piperidine rings is 1. The number of carbonyl (C=O) groups is 2. The molecule has 180 valence electrons. The highest BCUT2D eigenvalue weighted by molar-refractivity contribution is 5.93. The number of amides is 1. The smallest absolute Gasteiger partial charge is 0.475 e. The van der Waals surface area contributed by atoms with Crippen LogP contribution in [-0.2, 0) is 21.3 Å². The van der Waals surface area contributed by atoms with E-state index >= 15 is 0 Å². The number of carboxylic acid groups (broad SMARTS) is 1. The Morgan fingerprint density at radius 2 is 2.06 bits per heavy atom. The molecule has 2 N–H and O–H groups in total. The number of likely N-dealkylation sites (tertiary alicyclic amines) is 1. The summed E-state index contributed by atoms with van der Waals surface area (Å²) in [6.07, 6.45) is 0.746. The molecule has 0 radical (unpaired) electrons. The second-order valence-corrected chi connectivity index (χ2v) is 8.49. The minimum atomic E-state index is -5.08. The van der Waals surface area contributed by atoms with Crippen molar-refractivity contribution in [1.82, 2.24) is 20.0 Å². The molecule has 4 atom stereocenters. The Morgan fingerprint density at radius 1 is 1.31 bits per heavy atom. The first-order valence-electron chi connectivity index (χ1n) is 10.6. The lowest BCUT2D eigenvalue weighted by molar-refractivity contribution is -0.192. The largest absolute Gasteiger partial charge is 0.490 e. The van der Waals surface area contributed by atoms with Gasteiger partial charge >= 0.3 is 12.1 Å². The van der Waals surface area contributed by atoms with Crippen molar-refractivity contribution in [2.45, 2.75) is 25.1 Å². The SMILES string of the molecule is Cn1cc(C(=O)NC[C@@H]2OC[C@H]3CN(CC4CCOC4)CC[C@H]32)cn1.O=C(O)C(F)(F)F. The molecule has 1 amide bonds. The predicted molar refractivity (Wildman–Crippen MR) is 106 cm³/mol. The van der Waals surface area contributed by atoms with Crippen LogP contribution in [0.1, 0.15) is 23.2 Å². The van der Waals surface area contributed by atoms with Crippen molar-refractivity contribution in [2.24, 2.45) is 24.8 Å². The van der Waals surface area contributed by atoms with Gasteiger partial charge in [-0.2, -0.15) is 18.3 Å². The Hall–Kier alpha value is -2.18. The van der Waals surface area contributed by atoms with E-state index in [1.54, 1.807) is 17.1 Å². The zero-order chi connectivity index (χ0) is 23.3. The second kappa shape index (κ2) is 10.6. The van der Waals surface area contributed by atoms with E-state index in [2.05, 4.69) is 15.3 Å². The lowest BCUT2D eigenvalue weighted by Crippen LogP contribution is -2.45. The lowest BCUT2D eigenvalue weighted by Gasteiger charge is -2.36. The third-order valence-corrected chi connectivity index (χ3v) is 6.09. The first-order chi connectivity index (χ1) is 15.1. The van der Waals surface area contributed by atoms with Crippen LogP contribution in [0.25, 0.3) is 0 Å². The number of nitrogens with zero attached hydrogens (tertiary/aromatic N) is 3. The zero-order valence-corrected chi connectivity index (χ0v) is 17.9. The molecule has 3 fully saturated rings. The van der Waals surface area contributed by atoms with Gasteiger partial charge in [0.2, 0.25) is 0 Å². The first-order valence-corrected chi connectivity index (χ1v) is 10.6. The van der Waals surface area contributed by atoms with Gasteiger partial charge in [-0.15, -0.1) is 0 Å². The van der Waals surface area contributed by atoms with Crippen LogP contribution in [0.3, 0.4) is 0 Å². The van der Waals surface area contributed by atoms with Crippen molar-refractivity contribution in [3.63, 3.8) is 0 Å². The molecule has 9 nitrogen and oxygen atoms in total. The van der Waals surface area contributed by atoms with Gasteiger partial charge in [-0.05, 0) is 31.2 Å². The summed E-state index contributed by atoms with van der Waals surface area (Å²) in [5.41, 5.74) is 0.602. The molecule has 12 heteroatoms. The number of alkyl halides is 3. The van der Waals surface area contributed by atoms with Gasteiger partial charge in [-0.1, -0.05) is 0 Å². The number of fused-ring (bicyclic) bond motifs is 1. The Morgan fingerprint density at radius 3 is 2.66 bits per heavy atom. The summed E-state index contributed by atoms with van der Waals surface area (Å²) in [6, 6.07) is 0. The molecule has 3 aliphatic rings. The fourth-order valence-corrected chi connectivity index (χ4v) is 4.46. The quantitative estimate of drug-likeness (QED) is 0.676. The first kappa shape index (κ1) is 24.5. The molecule has 3 aliphatic heterocycles. The molecule has 3 saturated heterocycles. The molecule has 1 aromatic heterocycles. The third kappa shape index (κ3) is 6.66. The van der Waals surface area contributed by atoms with E-state index in [1.807, 2.05) is 7.05 Å². The average Bonchev–Trinajstić information content (AvgIpc) is 3.47. The van der Waals surface area contributed by atoms with Crippen LogP contribution in [0.15, 0.2) is 12.4 Å². The summed E-state index contributed by atoms with van der Waals surface area (Å²) in [4.78, 5) is 23.7. The highest BCUT2D eigenvalue weighted by Gasteiger charge is 2.41. The fraction of sp³-hybridized carbons (Fsp3) is 0.750. The van der Waals surface area contributed by atoms with Crippen LogP contribution in [0.4, 0.5) is 13.2 Å². The molecule has 32 heavy (non-hydrogen) atoms. The fourth-order valence-electron chi connectivity index (χ4n) is 4.46. The molecule has 0 spiro atoms. The van der Waals surface area contributed by atoms with Crippen molar-refractivity contribution >= 4 is 11.9 Å². The molecular formula is C20H29F3N4O5. The number of ether oxygens (including phenoxy) is 2. The Bertz CT molecular complexity index is 782. The number of halogens is 3. The highest BCUT2D eigenvalue weighted by atomic mass is 19.4. The van der Waals surface area contributed by atoms with Gasteiger partial charge in [0.05, 0.1) is 31.1 Å². The Labute approximate surface area is 183 Å². The van der Waals surface area contributed by atoms with Gasteiger partial charge in [0.15, 0.2) is 0 Å². The number of aryl methyl sites for hydroxylation is 1. The van der Waals surface area contributed by atoms with Gasteiger partial charge in [0.1, 0.15) is 0 Å². The normalized spacial score (nSPS) is 28.0. The second-order valence-electron chi connectivity index (χ2n) is 8.49. The number of carbonyl (C=O) groups excluding carboxylic acids is 1. The van der Waals surface area contributed by atoms with Crippen LogP contribution in [0, 0.1) is 17.8 Å². The van der Waals surface area contributed by atoms with E-state index in [9.17, 15) is 18.0 Å². The number of hydrogen-bond acceptors (Lipinski definition) is 6. The number of carboxylic acids is 1. The van der Waals surface area contributed by atoms with E-state index < -0.39 is 12.1 Å². The van der Waals surface area contributed by atoms with Crippen LogP contribution in [0.2, 0.25) is 0 Å². The molecule has 1 aromatic rings. The zero-order valence-electron chi connectivity index (χ0n) is 17.9. The van der Waals surface area contributed by atoms with Crippen LogP contribution in [-0.4, -0.2) is 89.9 Å². The maximum absolute atomic E-state index is 12.2. The monoisotopic (exact) mass is 462 g/mol. The van der Waals surface area contributed by atoms with Crippen LogP contribution in [0.5, 0.6) is 0 Å². The summed E-state index contributed by atoms with van der Waals surface area (Å²) in [5, 5.41) is 14.2. The molecule has 0 aliphatic carbocycles. The molecule has 0 bridgehead atoms. The summed E-state index contributed by atoms with van der Waals surface area (Å²) in [5.74, 6) is -0.971. The maximum atomic E-state index is 12.2. The summed E-state index contributed by atoms with van der Waals surface area (Å²) < 4.78 is 44.9. The van der Waals surface area contributed by atoms with E-state index in [4.69, 9.17) is 19.4 Å².